The molecule has 0 aliphatic heterocycles. The van der Waals surface area contributed by atoms with E-state index < -0.39 is 0 Å². The Morgan fingerprint density at radius 2 is 1.79 bits per heavy atom. The summed E-state index contributed by atoms with van der Waals surface area (Å²) in [6, 6.07) is 3.74. The molecule has 0 fully saturated rings. The molecule has 0 unspecified atom stereocenters. The third-order valence-electron chi connectivity index (χ3n) is 2.62. The van der Waals surface area contributed by atoms with Crippen LogP contribution in [0.4, 0.5) is 0 Å². The summed E-state index contributed by atoms with van der Waals surface area (Å²) in [5.74, 6) is 0.379. The summed E-state index contributed by atoms with van der Waals surface area (Å²) in [7, 11) is 0. The number of aromatic hydroxyl groups is 1. The Hall–Kier alpha value is -0.980. The first-order valence-electron chi connectivity index (χ1n) is 5.19. The van der Waals surface area contributed by atoms with E-state index in [1.54, 1.807) is 0 Å². The molecule has 0 spiro atoms. The SMILES string of the molecule is CCc1c(C)cc(O)cc1C(C)(C)C. The van der Waals surface area contributed by atoms with Crippen molar-refractivity contribution in [2.75, 3.05) is 0 Å². The first-order valence-corrected chi connectivity index (χ1v) is 5.19. The lowest BCUT2D eigenvalue weighted by Gasteiger charge is -2.24. The Kier molecular flexibility index (Phi) is 2.89. The van der Waals surface area contributed by atoms with Crippen LogP contribution in [-0.4, -0.2) is 5.11 Å². The van der Waals surface area contributed by atoms with Crippen molar-refractivity contribution in [1.29, 1.82) is 0 Å². The minimum absolute atomic E-state index is 0.106. The fourth-order valence-electron chi connectivity index (χ4n) is 1.94. The van der Waals surface area contributed by atoms with E-state index >= 15 is 0 Å². The van der Waals surface area contributed by atoms with Gasteiger partial charge in [-0.25, -0.2) is 0 Å². The van der Waals surface area contributed by atoms with Crippen molar-refractivity contribution in [2.24, 2.45) is 0 Å². The molecule has 1 nitrogen and oxygen atoms in total. The van der Waals surface area contributed by atoms with Crippen LogP contribution in [0.15, 0.2) is 12.1 Å². The maximum Gasteiger partial charge on any atom is 0.116 e. The van der Waals surface area contributed by atoms with Gasteiger partial charge in [-0.3, -0.25) is 0 Å². The highest BCUT2D eigenvalue weighted by atomic mass is 16.3. The predicted octanol–water partition coefficient (Wildman–Crippen LogP) is 3.56. The van der Waals surface area contributed by atoms with Crippen molar-refractivity contribution >= 4 is 0 Å². The predicted molar refractivity (Wildman–Crippen MR) is 60.9 cm³/mol. The molecule has 1 aromatic carbocycles. The summed E-state index contributed by atoms with van der Waals surface area (Å²) in [6.07, 6.45) is 1.03. The second-order valence-electron chi connectivity index (χ2n) is 4.89. The van der Waals surface area contributed by atoms with Gasteiger partial charge < -0.3 is 5.11 Å². The molecular weight excluding hydrogens is 172 g/mol. The molecule has 0 aromatic heterocycles. The summed E-state index contributed by atoms with van der Waals surface area (Å²) >= 11 is 0. The summed E-state index contributed by atoms with van der Waals surface area (Å²) in [5, 5.41) is 9.58. The zero-order valence-corrected chi connectivity index (χ0v) is 9.81. The first kappa shape index (κ1) is 11.1. The maximum absolute atomic E-state index is 9.58. The van der Waals surface area contributed by atoms with E-state index in [0.717, 1.165) is 6.42 Å². The van der Waals surface area contributed by atoms with E-state index in [0.29, 0.717) is 5.75 Å². The van der Waals surface area contributed by atoms with Crippen LogP contribution in [0.5, 0.6) is 5.75 Å². The molecule has 0 amide bonds. The molecule has 0 atom stereocenters. The van der Waals surface area contributed by atoms with E-state index in [9.17, 15) is 5.11 Å². The first-order chi connectivity index (χ1) is 6.36. The van der Waals surface area contributed by atoms with Gasteiger partial charge in [0.25, 0.3) is 0 Å². The summed E-state index contributed by atoms with van der Waals surface area (Å²) in [5.41, 5.74) is 3.93. The fraction of sp³-hybridized carbons (Fsp3) is 0.538. The lowest BCUT2D eigenvalue weighted by atomic mass is 9.81. The van der Waals surface area contributed by atoms with Crippen LogP contribution in [0, 0.1) is 6.92 Å². The van der Waals surface area contributed by atoms with Gasteiger partial charge in [-0.2, -0.15) is 0 Å². The molecule has 0 radical (unpaired) electrons. The highest BCUT2D eigenvalue weighted by Crippen LogP contribution is 2.31. The third-order valence-corrected chi connectivity index (χ3v) is 2.62. The van der Waals surface area contributed by atoms with Gasteiger partial charge >= 0.3 is 0 Å². The Morgan fingerprint density at radius 3 is 2.21 bits per heavy atom. The van der Waals surface area contributed by atoms with Gasteiger partial charge in [0.2, 0.25) is 0 Å². The highest BCUT2D eigenvalue weighted by molar-refractivity contribution is 5.44. The van der Waals surface area contributed by atoms with E-state index in [-0.39, 0.29) is 5.41 Å². The fourth-order valence-corrected chi connectivity index (χ4v) is 1.94. The van der Waals surface area contributed by atoms with Crippen LogP contribution in [-0.2, 0) is 11.8 Å². The zero-order valence-electron chi connectivity index (χ0n) is 9.81. The van der Waals surface area contributed by atoms with E-state index in [1.807, 2.05) is 12.1 Å². The molecule has 0 bridgehead atoms. The number of aryl methyl sites for hydroxylation is 1. The van der Waals surface area contributed by atoms with Crippen molar-refractivity contribution in [3.8, 4) is 5.75 Å². The van der Waals surface area contributed by atoms with Gasteiger partial charge in [-0.15, -0.1) is 0 Å². The van der Waals surface area contributed by atoms with Crippen LogP contribution in [0.2, 0.25) is 0 Å². The summed E-state index contributed by atoms with van der Waals surface area (Å²) < 4.78 is 0. The second kappa shape index (κ2) is 3.64. The largest absolute Gasteiger partial charge is 0.508 e. The number of benzene rings is 1. The van der Waals surface area contributed by atoms with Gasteiger partial charge in [0.05, 0.1) is 0 Å². The molecule has 1 aromatic rings. The normalized spacial score (nSPS) is 11.8. The summed E-state index contributed by atoms with van der Waals surface area (Å²) in [4.78, 5) is 0. The standard InChI is InChI=1S/C13H20O/c1-6-11-9(2)7-10(14)8-12(11)13(3,4)5/h7-8,14H,6H2,1-5H3. The molecule has 1 heteroatoms. The Morgan fingerprint density at radius 1 is 1.21 bits per heavy atom. The van der Waals surface area contributed by atoms with Crippen LogP contribution < -0.4 is 0 Å². The Labute approximate surface area is 86.8 Å². The molecule has 0 aliphatic rings. The van der Waals surface area contributed by atoms with Crippen molar-refractivity contribution in [1.82, 2.24) is 0 Å². The molecule has 14 heavy (non-hydrogen) atoms. The van der Waals surface area contributed by atoms with Gasteiger partial charge in [-0.1, -0.05) is 27.7 Å². The van der Waals surface area contributed by atoms with Crippen molar-refractivity contribution < 1.29 is 5.11 Å². The topological polar surface area (TPSA) is 20.2 Å². The number of hydrogen-bond donors (Lipinski definition) is 1. The second-order valence-corrected chi connectivity index (χ2v) is 4.89. The lowest BCUT2D eigenvalue weighted by Crippen LogP contribution is -2.14. The van der Waals surface area contributed by atoms with Crippen molar-refractivity contribution in [2.45, 2.75) is 46.5 Å². The molecule has 0 saturated heterocycles. The number of phenols is 1. The average Bonchev–Trinajstić information content (AvgIpc) is 2.01. The van der Waals surface area contributed by atoms with Crippen LogP contribution in [0.25, 0.3) is 0 Å². The molecule has 1 N–H and O–H groups in total. The zero-order chi connectivity index (χ0) is 10.9. The summed E-state index contributed by atoms with van der Waals surface area (Å²) in [6.45, 7) is 10.8. The van der Waals surface area contributed by atoms with Gasteiger partial charge in [0.15, 0.2) is 0 Å². The molecule has 1 rings (SSSR count). The van der Waals surface area contributed by atoms with Crippen molar-refractivity contribution in [3.63, 3.8) is 0 Å². The molecule has 0 heterocycles. The maximum atomic E-state index is 9.58. The van der Waals surface area contributed by atoms with E-state index in [1.165, 1.54) is 16.7 Å². The van der Waals surface area contributed by atoms with Gasteiger partial charge in [0, 0.05) is 0 Å². The van der Waals surface area contributed by atoms with Crippen LogP contribution >= 0.6 is 0 Å². The van der Waals surface area contributed by atoms with Crippen LogP contribution in [0.1, 0.15) is 44.4 Å². The number of rotatable bonds is 1. The van der Waals surface area contributed by atoms with E-state index in [4.69, 9.17) is 0 Å². The lowest BCUT2D eigenvalue weighted by molar-refractivity contribution is 0.469. The Balaban J connectivity index is 3.40. The van der Waals surface area contributed by atoms with Gasteiger partial charge in [0.1, 0.15) is 5.75 Å². The van der Waals surface area contributed by atoms with Crippen LogP contribution in [0.3, 0.4) is 0 Å². The van der Waals surface area contributed by atoms with Crippen molar-refractivity contribution in [3.05, 3.63) is 28.8 Å². The minimum atomic E-state index is 0.106. The molecule has 0 saturated carbocycles. The van der Waals surface area contributed by atoms with E-state index in [2.05, 4.69) is 34.6 Å². The quantitative estimate of drug-likeness (QED) is 0.721. The smallest absolute Gasteiger partial charge is 0.116 e. The monoisotopic (exact) mass is 192 g/mol. The molecule has 0 aliphatic carbocycles. The molecular formula is C13H20O. The minimum Gasteiger partial charge on any atom is -0.508 e. The number of phenolic OH excluding ortho intramolecular Hbond substituents is 1. The number of hydrogen-bond acceptors (Lipinski definition) is 1. The third kappa shape index (κ3) is 2.09. The molecule has 78 valence electrons. The highest BCUT2D eigenvalue weighted by Gasteiger charge is 2.19. The Bertz CT molecular complexity index is 332. The average molecular weight is 192 g/mol. The van der Waals surface area contributed by atoms with Gasteiger partial charge in [-0.05, 0) is 47.6 Å².